The van der Waals surface area contributed by atoms with Gasteiger partial charge in [0.15, 0.2) is 0 Å². The maximum absolute atomic E-state index is 12.7. The molecule has 0 bridgehead atoms. The number of carboxylic acids is 1. The average molecular weight is 399 g/mol. The van der Waals surface area contributed by atoms with Crippen LogP contribution >= 0.6 is 23.2 Å². The summed E-state index contributed by atoms with van der Waals surface area (Å²) in [5.41, 5.74) is 0.515. The maximum atomic E-state index is 12.7. The fourth-order valence-corrected chi connectivity index (χ4v) is 4.03. The highest BCUT2D eigenvalue weighted by Gasteiger charge is 2.39. The van der Waals surface area contributed by atoms with E-state index in [4.69, 9.17) is 28.3 Å². The van der Waals surface area contributed by atoms with Crippen LogP contribution in [0.25, 0.3) is 0 Å². The summed E-state index contributed by atoms with van der Waals surface area (Å²) in [7, 11) is 0. The van der Waals surface area contributed by atoms with Gasteiger partial charge in [-0.3, -0.25) is 14.4 Å². The summed E-state index contributed by atoms with van der Waals surface area (Å²) in [6.07, 6.45) is 2.74. The Bertz CT molecular complexity index is 732. The van der Waals surface area contributed by atoms with Gasteiger partial charge in [-0.15, -0.1) is 0 Å². The van der Waals surface area contributed by atoms with E-state index in [2.05, 4.69) is 5.32 Å². The molecule has 1 heterocycles. The lowest BCUT2D eigenvalue weighted by Crippen LogP contribution is -2.43. The van der Waals surface area contributed by atoms with Gasteiger partial charge in [0, 0.05) is 17.6 Å². The molecule has 1 saturated heterocycles. The second-order valence-corrected chi connectivity index (χ2v) is 7.67. The van der Waals surface area contributed by atoms with Crippen LogP contribution in [0.1, 0.15) is 32.1 Å². The van der Waals surface area contributed by atoms with Crippen molar-refractivity contribution in [3.63, 3.8) is 0 Å². The number of aliphatic carboxylic acids is 1. The molecule has 6 nitrogen and oxygen atoms in total. The number of carbonyl (C=O) groups is 3. The number of amides is 2. The number of anilines is 1. The fraction of sp³-hybridized carbons (Fsp3) is 0.500. The van der Waals surface area contributed by atoms with E-state index in [1.807, 2.05) is 0 Å². The maximum Gasteiger partial charge on any atom is 0.306 e. The van der Waals surface area contributed by atoms with E-state index in [0.29, 0.717) is 54.4 Å². The van der Waals surface area contributed by atoms with Crippen LogP contribution in [0.3, 0.4) is 0 Å². The molecule has 2 aliphatic rings. The highest BCUT2D eigenvalue weighted by atomic mass is 35.5. The lowest BCUT2D eigenvalue weighted by molar-refractivity contribution is -0.142. The van der Waals surface area contributed by atoms with E-state index < -0.39 is 11.9 Å². The molecule has 2 fully saturated rings. The standard InChI is InChI=1S/C18H20Cl2N2O4/c19-11-3-6-14(20)15(9-11)22-8-7-13(17(22)24)16(23)21-12-4-1-10(2-5-12)18(25)26/h3,6,9-10,12-13H,1-2,4-5,7-8H2,(H,21,23)(H,25,26)/t10?,12?,13-/m1/s1. The van der Waals surface area contributed by atoms with Gasteiger partial charge in [0.25, 0.3) is 0 Å². The highest BCUT2D eigenvalue weighted by Crippen LogP contribution is 2.34. The third kappa shape index (κ3) is 3.96. The van der Waals surface area contributed by atoms with Crippen LogP contribution in [0.15, 0.2) is 18.2 Å². The number of hydrogen-bond donors (Lipinski definition) is 2. The first kappa shape index (κ1) is 19.0. The first-order valence-electron chi connectivity index (χ1n) is 8.66. The van der Waals surface area contributed by atoms with Crippen molar-refractivity contribution >= 4 is 46.7 Å². The van der Waals surface area contributed by atoms with Gasteiger partial charge in [-0.25, -0.2) is 0 Å². The summed E-state index contributed by atoms with van der Waals surface area (Å²) in [6.45, 7) is 0.405. The quantitative estimate of drug-likeness (QED) is 0.762. The summed E-state index contributed by atoms with van der Waals surface area (Å²) in [5.74, 6) is -2.45. The van der Waals surface area contributed by atoms with E-state index in [9.17, 15) is 14.4 Å². The molecule has 2 amide bonds. The third-order valence-corrected chi connectivity index (χ3v) is 5.70. The van der Waals surface area contributed by atoms with E-state index in [1.165, 1.54) is 4.90 Å². The predicted octanol–water partition coefficient (Wildman–Crippen LogP) is 3.11. The second kappa shape index (κ2) is 7.84. The van der Waals surface area contributed by atoms with Crippen molar-refractivity contribution in [3.05, 3.63) is 28.2 Å². The molecule has 2 N–H and O–H groups in total. The van der Waals surface area contributed by atoms with Crippen LogP contribution in [0.2, 0.25) is 10.0 Å². The predicted molar refractivity (Wildman–Crippen MR) is 98.4 cm³/mol. The van der Waals surface area contributed by atoms with E-state index in [1.54, 1.807) is 18.2 Å². The fourth-order valence-electron chi connectivity index (χ4n) is 3.64. The third-order valence-electron chi connectivity index (χ3n) is 5.14. The smallest absolute Gasteiger partial charge is 0.306 e. The molecule has 0 unspecified atom stereocenters. The van der Waals surface area contributed by atoms with Gasteiger partial charge in [-0.2, -0.15) is 0 Å². The molecule has 0 spiro atoms. The molecule has 1 aromatic carbocycles. The Morgan fingerprint density at radius 2 is 1.81 bits per heavy atom. The van der Waals surface area contributed by atoms with Crippen molar-refractivity contribution in [2.75, 3.05) is 11.4 Å². The number of halogens is 2. The monoisotopic (exact) mass is 398 g/mol. The van der Waals surface area contributed by atoms with Crippen LogP contribution in [0.5, 0.6) is 0 Å². The Kier molecular flexibility index (Phi) is 5.73. The number of hydrogen-bond acceptors (Lipinski definition) is 3. The number of nitrogens with zero attached hydrogens (tertiary/aromatic N) is 1. The Morgan fingerprint density at radius 1 is 1.12 bits per heavy atom. The van der Waals surface area contributed by atoms with Gasteiger partial charge < -0.3 is 15.3 Å². The Morgan fingerprint density at radius 3 is 2.46 bits per heavy atom. The SMILES string of the molecule is O=C(O)C1CCC(NC(=O)[C@H]2CCN(c3cc(Cl)ccc3Cl)C2=O)CC1. The first-order valence-corrected chi connectivity index (χ1v) is 9.42. The first-order chi connectivity index (χ1) is 12.4. The lowest BCUT2D eigenvalue weighted by atomic mass is 9.86. The Labute approximate surface area is 161 Å². The molecular weight excluding hydrogens is 379 g/mol. The number of benzene rings is 1. The van der Waals surface area contributed by atoms with Crippen LogP contribution < -0.4 is 10.2 Å². The Hall–Kier alpha value is -1.79. The number of carbonyl (C=O) groups excluding carboxylic acids is 2. The minimum absolute atomic E-state index is 0.0743. The van der Waals surface area contributed by atoms with E-state index in [-0.39, 0.29) is 23.8 Å². The van der Waals surface area contributed by atoms with Crippen molar-refractivity contribution in [2.45, 2.75) is 38.1 Å². The van der Waals surface area contributed by atoms with E-state index in [0.717, 1.165) is 0 Å². The van der Waals surface area contributed by atoms with Crippen molar-refractivity contribution in [1.82, 2.24) is 5.32 Å². The minimum Gasteiger partial charge on any atom is -0.481 e. The highest BCUT2D eigenvalue weighted by molar-refractivity contribution is 6.36. The second-order valence-electron chi connectivity index (χ2n) is 6.82. The van der Waals surface area contributed by atoms with Crippen molar-refractivity contribution < 1.29 is 19.5 Å². The summed E-state index contributed by atoms with van der Waals surface area (Å²) < 4.78 is 0. The summed E-state index contributed by atoms with van der Waals surface area (Å²) in [5, 5.41) is 12.8. The van der Waals surface area contributed by atoms with Gasteiger partial charge in [-0.05, 0) is 50.3 Å². The van der Waals surface area contributed by atoms with Gasteiger partial charge in [0.1, 0.15) is 5.92 Å². The summed E-state index contributed by atoms with van der Waals surface area (Å²) in [6, 6.07) is 4.82. The molecule has 1 atom stereocenters. The lowest BCUT2D eigenvalue weighted by Gasteiger charge is -2.27. The zero-order chi connectivity index (χ0) is 18.8. The van der Waals surface area contributed by atoms with Crippen molar-refractivity contribution in [3.8, 4) is 0 Å². The van der Waals surface area contributed by atoms with Crippen LogP contribution in [0, 0.1) is 11.8 Å². The molecule has 26 heavy (non-hydrogen) atoms. The van der Waals surface area contributed by atoms with E-state index >= 15 is 0 Å². The number of carboxylic acid groups (broad SMARTS) is 1. The molecule has 1 aliphatic heterocycles. The zero-order valence-corrected chi connectivity index (χ0v) is 15.6. The molecule has 140 valence electrons. The van der Waals surface area contributed by atoms with Crippen LogP contribution in [-0.2, 0) is 14.4 Å². The normalized spacial score (nSPS) is 26.0. The van der Waals surface area contributed by atoms with Crippen molar-refractivity contribution in [2.24, 2.45) is 11.8 Å². The van der Waals surface area contributed by atoms with Gasteiger partial charge in [-0.1, -0.05) is 23.2 Å². The van der Waals surface area contributed by atoms with Gasteiger partial charge >= 0.3 is 5.97 Å². The van der Waals surface area contributed by atoms with Crippen molar-refractivity contribution in [1.29, 1.82) is 0 Å². The molecule has 3 rings (SSSR count). The number of rotatable bonds is 4. The minimum atomic E-state index is -0.783. The molecular formula is C18H20Cl2N2O4. The molecule has 0 aromatic heterocycles. The number of nitrogens with one attached hydrogen (secondary N) is 1. The van der Waals surface area contributed by atoms with Gasteiger partial charge in [0.05, 0.1) is 16.6 Å². The Balaban J connectivity index is 1.60. The summed E-state index contributed by atoms with van der Waals surface area (Å²) >= 11 is 12.1. The molecule has 8 heteroatoms. The topological polar surface area (TPSA) is 86.7 Å². The molecule has 1 aliphatic carbocycles. The molecule has 1 aromatic rings. The van der Waals surface area contributed by atoms with Crippen LogP contribution in [-0.4, -0.2) is 35.5 Å². The zero-order valence-electron chi connectivity index (χ0n) is 14.1. The average Bonchev–Trinajstić information content (AvgIpc) is 2.99. The largest absolute Gasteiger partial charge is 0.481 e. The molecule has 1 saturated carbocycles. The summed E-state index contributed by atoms with van der Waals surface area (Å²) in [4.78, 5) is 37.7. The van der Waals surface area contributed by atoms with Gasteiger partial charge in [0.2, 0.25) is 11.8 Å². The molecule has 0 radical (unpaired) electrons. The van der Waals surface area contributed by atoms with Crippen LogP contribution in [0.4, 0.5) is 5.69 Å².